The molecule has 1 rings (SSSR count). The maximum atomic E-state index is 11.7. The zero-order valence-electron chi connectivity index (χ0n) is 9.30. The molecule has 0 fully saturated rings. The van der Waals surface area contributed by atoms with Gasteiger partial charge in [0.05, 0.1) is 6.61 Å². The Morgan fingerprint density at radius 1 is 1.44 bits per heavy atom. The van der Waals surface area contributed by atoms with Gasteiger partial charge in [0.25, 0.3) is 16.4 Å². The quantitative estimate of drug-likeness (QED) is 0.672. The van der Waals surface area contributed by atoms with E-state index >= 15 is 0 Å². The monoisotopic (exact) mass is 285 g/mol. The van der Waals surface area contributed by atoms with Crippen molar-refractivity contribution in [3.63, 3.8) is 0 Å². The molecule has 0 bridgehead atoms. The van der Waals surface area contributed by atoms with Crippen LogP contribution >= 0.6 is 0 Å². The van der Waals surface area contributed by atoms with Gasteiger partial charge in [-0.15, -0.1) is 0 Å². The van der Waals surface area contributed by atoms with Crippen LogP contribution in [0, 0.1) is 0 Å². The molecule has 0 saturated heterocycles. The van der Waals surface area contributed by atoms with Crippen LogP contribution in [0.5, 0.6) is 0 Å². The summed E-state index contributed by atoms with van der Waals surface area (Å²) in [6.07, 6.45) is -2.58. The Balaban J connectivity index is 2.40. The number of aliphatic hydroxyl groups excluding tert-OH is 1. The first-order chi connectivity index (χ1) is 8.45. The Morgan fingerprint density at radius 3 is 2.72 bits per heavy atom. The largest absolute Gasteiger partial charge is 0.446 e. The Labute approximate surface area is 103 Å². The third-order valence-corrected chi connectivity index (χ3v) is 3.17. The smallest absolute Gasteiger partial charge is 0.274 e. The Kier molecular flexibility index (Phi) is 5.66. The highest BCUT2D eigenvalue weighted by Gasteiger charge is 2.17. The molecule has 18 heavy (non-hydrogen) atoms. The van der Waals surface area contributed by atoms with Crippen molar-refractivity contribution < 1.29 is 31.5 Å². The lowest BCUT2D eigenvalue weighted by atomic mass is 10.5. The topological polar surface area (TPSA) is 88.8 Å². The number of hydrogen-bond donors (Lipinski definition) is 2. The fraction of sp³-hybridized carbons (Fsp3) is 0.556. The SMILES string of the molecule is O=S(=O)(NCCOCC(F)F)c1ccc(CO)o1. The maximum Gasteiger partial charge on any atom is 0.274 e. The van der Waals surface area contributed by atoms with Crippen molar-refractivity contribution in [2.24, 2.45) is 0 Å². The average molecular weight is 285 g/mol. The molecule has 9 heteroatoms. The Bertz CT molecular complexity index is 459. The van der Waals surface area contributed by atoms with Gasteiger partial charge in [-0.05, 0) is 12.1 Å². The van der Waals surface area contributed by atoms with E-state index in [1.807, 2.05) is 0 Å². The van der Waals surface area contributed by atoms with Crippen molar-refractivity contribution in [2.75, 3.05) is 19.8 Å². The first-order valence-corrected chi connectivity index (χ1v) is 6.49. The van der Waals surface area contributed by atoms with Crippen molar-refractivity contribution in [1.29, 1.82) is 0 Å². The third-order valence-electron chi connectivity index (χ3n) is 1.84. The highest BCUT2D eigenvalue weighted by Crippen LogP contribution is 2.13. The van der Waals surface area contributed by atoms with Crippen molar-refractivity contribution in [1.82, 2.24) is 4.72 Å². The summed E-state index contributed by atoms with van der Waals surface area (Å²) in [5.41, 5.74) is 0. The number of ether oxygens (including phenoxy) is 1. The first-order valence-electron chi connectivity index (χ1n) is 5.01. The van der Waals surface area contributed by atoms with Crippen LogP contribution in [-0.2, 0) is 21.4 Å². The van der Waals surface area contributed by atoms with E-state index in [2.05, 4.69) is 9.46 Å². The van der Waals surface area contributed by atoms with Gasteiger partial charge in [0, 0.05) is 6.54 Å². The number of aliphatic hydroxyl groups is 1. The third kappa shape index (κ3) is 4.69. The number of sulfonamides is 1. The van der Waals surface area contributed by atoms with Crippen LogP contribution in [0.15, 0.2) is 21.6 Å². The molecule has 0 aliphatic rings. The number of hydrogen-bond acceptors (Lipinski definition) is 5. The molecule has 1 heterocycles. The van der Waals surface area contributed by atoms with Gasteiger partial charge in [-0.25, -0.2) is 21.9 Å². The second-order valence-electron chi connectivity index (χ2n) is 3.24. The van der Waals surface area contributed by atoms with E-state index in [4.69, 9.17) is 9.52 Å². The number of rotatable bonds is 8. The van der Waals surface area contributed by atoms with Crippen LogP contribution < -0.4 is 4.72 Å². The molecule has 0 aliphatic heterocycles. The standard InChI is InChI=1S/C9H13F2NO5S/c10-8(11)6-16-4-3-12-18(14,15)9-2-1-7(5-13)17-9/h1-2,8,12-13H,3-6H2. The second-order valence-corrected chi connectivity index (χ2v) is 4.94. The number of halogens is 2. The first kappa shape index (κ1) is 15.0. The minimum Gasteiger partial charge on any atom is -0.446 e. The van der Waals surface area contributed by atoms with Crippen molar-refractivity contribution in [3.05, 3.63) is 17.9 Å². The van der Waals surface area contributed by atoms with Crippen LogP contribution in [0.3, 0.4) is 0 Å². The van der Waals surface area contributed by atoms with Gasteiger partial charge in [-0.3, -0.25) is 0 Å². The number of furan rings is 1. The molecule has 104 valence electrons. The molecule has 0 saturated carbocycles. The van der Waals surface area contributed by atoms with E-state index in [-0.39, 0.29) is 24.0 Å². The second kappa shape index (κ2) is 6.78. The highest BCUT2D eigenvalue weighted by atomic mass is 32.2. The summed E-state index contributed by atoms with van der Waals surface area (Å²) in [6.45, 7) is -1.47. The van der Waals surface area contributed by atoms with E-state index in [1.165, 1.54) is 12.1 Å². The van der Waals surface area contributed by atoms with Crippen molar-refractivity contribution in [2.45, 2.75) is 18.1 Å². The summed E-state index contributed by atoms with van der Waals surface area (Å²) >= 11 is 0. The van der Waals surface area contributed by atoms with Crippen molar-refractivity contribution in [3.8, 4) is 0 Å². The maximum absolute atomic E-state index is 11.7. The normalized spacial score (nSPS) is 12.2. The summed E-state index contributed by atoms with van der Waals surface area (Å²) in [5.74, 6) is 0.115. The molecule has 1 aromatic heterocycles. The van der Waals surface area contributed by atoms with Gasteiger partial charge in [0.15, 0.2) is 0 Å². The molecular formula is C9H13F2NO5S. The van der Waals surface area contributed by atoms with Crippen LogP contribution in [0.1, 0.15) is 5.76 Å². The molecule has 2 N–H and O–H groups in total. The lowest BCUT2D eigenvalue weighted by Crippen LogP contribution is -2.27. The lowest BCUT2D eigenvalue weighted by molar-refractivity contribution is 0.0198. The van der Waals surface area contributed by atoms with Crippen molar-refractivity contribution >= 4 is 10.0 Å². The predicted molar refractivity (Wildman–Crippen MR) is 56.6 cm³/mol. The van der Waals surface area contributed by atoms with Crippen LogP contribution in [0.25, 0.3) is 0 Å². The molecule has 6 nitrogen and oxygen atoms in total. The van der Waals surface area contributed by atoms with E-state index in [0.717, 1.165) is 0 Å². The highest BCUT2D eigenvalue weighted by molar-refractivity contribution is 7.89. The lowest BCUT2D eigenvalue weighted by Gasteiger charge is -2.05. The van der Waals surface area contributed by atoms with Crippen LogP contribution in [0.2, 0.25) is 0 Å². The van der Waals surface area contributed by atoms with E-state index in [9.17, 15) is 17.2 Å². The zero-order chi connectivity index (χ0) is 13.6. The van der Waals surface area contributed by atoms with Crippen LogP contribution in [-0.4, -0.2) is 39.7 Å². The summed E-state index contributed by atoms with van der Waals surface area (Å²) in [4.78, 5) is 0. The average Bonchev–Trinajstić information content (AvgIpc) is 2.77. The Hall–Kier alpha value is -1.03. The van der Waals surface area contributed by atoms with Gasteiger partial charge >= 0.3 is 0 Å². The summed E-state index contributed by atoms with van der Waals surface area (Å²) in [5, 5.41) is 8.37. The number of alkyl halides is 2. The fourth-order valence-corrected chi connectivity index (χ4v) is 2.04. The fourth-order valence-electron chi connectivity index (χ4n) is 1.08. The summed E-state index contributed by atoms with van der Waals surface area (Å²) < 4.78 is 58.0. The molecular weight excluding hydrogens is 272 g/mol. The van der Waals surface area contributed by atoms with E-state index < -0.39 is 29.7 Å². The molecule has 0 aliphatic carbocycles. The predicted octanol–water partition coefficient (Wildman–Crippen LogP) is 0.332. The van der Waals surface area contributed by atoms with E-state index in [0.29, 0.717) is 0 Å². The molecule has 0 amide bonds. The molecule has 0 aromatic carbocycles. The molecule has 1 aromatic rings. The molecule has 0 radical (unpaired) electrons. The molecule has 0 unspecified atom stereocenters. The van der Waals surface area contributed by atoms with Gasteiger partial charge in [0.1, 0.15) is 19.0 Å². The Morgan fingerprint density at radius 2 is 2.17 bits per heavy atom. The van der Waals surface area contributed by atoms with Gasteiger partial charge in [-0.1, -0.05) is 0 Å². The minimum absolute atomic E-state index is 0.115. The number of nitrogens with one attached hydrogen (secondary N) is 1. The molecule has 0 atom stereocenters. The summed E-state index contributed by atoms with van der Waals surface area (Å²) in [6, 6.07) is 2.51. The van der Waals surface area contributed by atoms with Gasteiger partial charge in [0.2, 0.25) is 5.09 Å². The van der Waals surface area contributed by atoms with Gasteiger partial charge in [-0.2, -0.15) is 0 Å². The van der Waals surface area contributed by atoms with Crippen LogP contribution in [0.4, 0.5) is 8.78 Å². The zero-order valence-corrected chi connectivity index (χ0v) is 10.1. The van der Waals surface area contributed by atoms with E-state index in [1.54, 1.807) is 0 Å². The molecule has 0 spiro atoms. The minimum atomic E-state index is -3.85. The summed E-state index contributed by atoms with van der Waals surface area (Å²) in [7, 11) is -3.85. The van der Waals surface area contributed by atoms with Gasteiger partial charge < -0.3 is 14.3 Å².